The molecule has 0 amide bonds. The Morgan fingerprint density at radius 2 is 2.06 bits per heavy atom. The summed E-state index contributed by atoms with van der Waals surface area (Å²) in [6.45, 7) is 8.06. The predicted octanol–water partition coefficient (Wildman–Crippen LogP) is 3.31. The Kier molecular flexibility index (Phi) is 6.06. The van der Waals surface area contributed by atoms with E-state index in [0.29, 0.717) is 6.54 Å². The van der Waals surface area contributed by atoms with E-state index >= 15 is 0 Å². The van der Waals surface area contributed by atoms with E-state index in [1.165, 1.54) is 17.5 Å². The van der Waals surface area contributed by atoms with Crippen LogP contribution in [0.25, 0.3) is 0 Å². The highest BCUT2D eigenvalue weighted by Crippen LogP contribution is 2.21. The van der Waals surface area contributed by atoms with Crippen LogP contribution in [-0.4, -0.2) is 13.2 Å². The number of ether oxygens (including phenoxy) is 1. The van der Waals surface area contributed by atoms with Crippen molar-refractivity contribution >= 4 is 0 Å². The summed E-state index contributed by atoms with van der Waals surface area (Å²) < 4.78 is 5.84. The molecule has 0 bridgehead atoms. The summed E-state index contributed by atoms with van der Waals surface area (Å²) in [6.07, 6.45) is 3.23. The van der Waals surface area contributed by atoms with Crippen molar-refractivity contribution in [3.05, 3.63) is 29.3 Å². The SMILES string of the molecule is Cc1ccc(OCCCC(C)C)c(CCN)c1. The number of rotatable bonds is 7. The minimum Gasteiger partial charge on any atom is -0.493 e. The van der Waals surface area contributed by atoms with Gasteiger partial charge in [0.15, 0.2) is 0 Å². The molecular formula is C15H25NO. The molecule has 2 nitrogen and oxygen atoms in total. The van der Waals surface area contributed by atoms with Crippen LogP contribution in [0.3, 0.4) is 0 Å². The maximum absolute atomic E-state index is 5.84. The van der Waals surface area contributed by atoms with Crippen molar-refractivity contribution in [2.75, 3.05) is 13.2 Å². The third-order valence-corrected chi connectivity index (χ3v) is 2.81. The third kappa shape index (κ3) is 5.22. The van der Waals surface area contributed by atoms with Gasteiger partial charge in [-0.15, -0.1) is 0 Å². The van der Waals surface area contributed by atoms with Gasteiger partial charge in [0, 0.05) is 0 Å². The zero-order valence-corrected chi connectivity index (χ0v) is 11.3. The second-order valence-electron chi connectivity index (χ2n) is 5.03. The van der Waals surface area contributed by atoms with Gasteiger partial charge in [-0.05, 0) is 50.3 Å². The highest BCUT2D eigenvalue weighted by molar-refractivity contribution is 5.37. The summed E-state index contributed by atoms with van der Waals surface area (Å²) in [7, 11) is 0. The topological polar surface area (TPSA) is 35.2 Å². The van der Waals surface area contributed by atoms with Gasteiger partial charge in [-0.3, -0.25) is 0 Å². The quantitative estimate of drug-likeness (QED) is 0.736. The number of aryl methyl sites for hydroxylation is 1. The van der Waals surface area contributed by atoms with Crippen molar-refractivity contribution in [2.45, 2.75) is 40.0 Å². The van der Waals surface area contributed by atoms with Crippen molar-refractivity contribution in [3.63, 3.8) is 0 Å². The van der Waals surface area contributed by atoms with Crippen molar-refractivity contribution in [1.29, 1.82) is 0 Å². The van der Waals surface area contributed by atoms with Crippen molar-refractivity contribution in [3.8, 4) is 5.75 Å². The van der Waals surface area contributed by atoms with E-state index in [1.807, 2.05) is 0 Å². The van der Waals surface area contributed by atoms with Crippen LogP contribution in [0.1, 0.15) is 37.8 Å². The van der Waals surface area contributed by atoms with Crippen molar-refractivity contribution in [1.82, 2.24) is 0 Å². The molecule has 0 atom stereocenters. The van der Waals surface area contributed by atoms with E-state index in [2.05, 4.69) is 39.0 Å². The Hall–Kier alpha value is -1.02. The third-order valence-electron chi connectivity index (χ3n) is 2.81. The molecule has 0 saturated heterocycles. The number of benzene rings is 1. The van der Waals surface area contributed by atoms with Crippen LogP contribution < -0.4 is 10.5 Å². The first-order valence-corrected chi connectivity index (χ1v) is 6.56. The van der Waals surface area contributed by atoms with Crippen LogP contribution in [0.4, 0.5) is 0 Å². The standard InChI is InChI=1S/C15H25NO/c1-12(2)5-4-10-17-15-7-6-13(3)11-14(15)8-9-16/h6-7,11-12H,4-5,8-10,16H2,1-3H3. The van der Waals surface area contributed by atoms with Crippen LogP contribution in [0.5, 0.6) is 5.75 Å². The molecule has 0 aromatic heterocycles. The van der Waals surface area contributed by atoms with Crippen LogP contribution in [0, 0.1) is 12.8 Å². The average molecular weight is 235 g/mol. The molecule has 0 aliphatic rings. The molecule has 0 spiro atoms. The molecule has 1 aromatic carbocycles. The zero-order chi connectivity index (χ0) is 12.7. The summed E-state index contributed by atoms with van der Waals surface area (Å²) in [5, 5.41) is 0. The van der Waals surface area contributed by atoms with Crippen molar-refractivity contribution < 1.29 is 4.74 Å². The second kappa shape index (κ2) is 7.33. The van der Waals surface area contributed by atoms with E-state index in [-0.39, 0.29) is 0 Å². The molecule has 96 valence electrons. The maximum Gasteiger partial charge on any atom is 0.122 e. The minimum absolute atomic E-state index is 0.672. The van der Waals surface area contributed by atoms with E-state index in [9.17, 15) is 0 Å². The molecule has 2 heteroatoms. The van der Waals surface area contributed by atoms with E-state index in [4.69, 9.17) is 10.5 Å². The van der Waals surface area contributed by atoms with Crippen LogP contribution in [0.2, 0.25) is 0 Å². The lowest BCUT2D eigenvalue weighted by Gasteiger charge is -2.12. The normalized spacial score (nSPS) is 10.9. The maximum atomic E-state index is 5.84. The fraction of sp³-hybridized carbons (Fsp3) is 0.600. The van der Waals surface area contributed by atoms with Gasteiger partial charge in [0.25, 0.3) is 0 Å². The van der Waals surface area contributed by atoms with Gasteiger partial charge in [0.2, 0.25) is 0 Å². The molecule has 0 radical (unpaired) electrons. The summed E-state index contributed by atoms with van der Waals surface area (Å²) in [5.41, 5.74) is 8.12. The lowest BCUT2D eigenvalue weighted by molar-refractivity contribution is 0.295. The lowest BCUT2D eigenvalue weighted by atomic mass is 10.1. The number of hydrogen-bond acceptors (Lipinski definition) is 2. The molecular weight excluding hydrogens is 210 g/mol. The fourth-order valence-corrected chi connectivity index (χ4v) is 1.87. The lowest BCUT2D eigenvalue weighted by Crippen LogP contribution is -2.07. The van der Waals surface area contributed by atoms with Crippen molar-refractivity contribution in [2.24, 2.45) is 11.7 Å². The number of hydrogen-bond donors (Lipinski definition) is 1. The highest BCUT2D eigenvalue weighted by atomic mass is 16.5. The Labute approximate surface area is 105 Å². The molecule has 1 rings (SSSR count). The molecule has 0 saturated carbocycles. The van der Waals surface area contributed by atoms with Gasteiger partial charge >= 0.3 is 0 Å². The van der Waals surface area contributed by atoms with Gasteiger partial charge in [-0.2, -0.15) is 0 Å². The summed E-state index contributed by atoms with van der Waals surface area (Å²) in [5.74, 6) is 1.75. The highest BCUT2D eigenvalue weighted by Gasteiger charge is 2.03. The Bertz CT molecular complexity index is 334. The fourth-order valence-electron chi connectivity index (χ4n) is 1.87. The van der Waals surface area contributed by atoms with Gasteiger partial charge in [0.05, 0.1) is 6.61 Å². The Morgan fingerprint density at radius 1 is 1.29 bits per heavy atom. The molecule has 0 unspecified atom stereocenters. The molecule has 2 N–H and O–H groups in total. The van der Waals surface area contributed by atoms with Gasteiger partial charge in [0.1, 0.15) is 5.75 Å². The minimum atomic E-state index is 0.672. The predicted molar refractivity (Wildman–Crippen MR) is 73.5 cm³/mol. The van der Waals surface area contributed by atoms with Crippen LogP contribution in [-0.2, 0) is 6.42 Å². The molecule has 0 heterocycles. The van der Waals surface area contributed by atoms with E-state index in [0.717, 1.165) is 31.1 Å². The summed E-state index contributed by atoms with van der Waals surface area (Å²) in [6, 6.07) is 6.33. The van der Waals surface area contributed by atoms with E-state index < -0.39 is 0 Å². The van der Waals surface area contributed by atoms with Gasteiger partial charge in [-0.1, -0.05) is 31.5 Å². The van der Waals surface area contributed by atoms with E-state index in [1.54, 1.807) is 0 Å². The second-order valence-corrected chi connectivity index (χ2v) is 5.03. The first-order valence-electron chi connectivity index (χ1n) is 6.56. The largest absolute Gasteiger partial charge is 0.493 e. The van der Waals surface area contributed by atoms with Gasteiger partial charge in [-0.25, -0.2) is 0 Å². The molecule has 0 aliphatic carbocycles. The van der Waals surface area contributed by atoms with Crippen LogP contribution in [0.15, 0.2) is 18.2 Å². The monoisotopic (exact) mass is 235 g/mol. The molecule has 0 fully saturated rings. The number of nitrogens with two attached hydrogens (primary N) is 1. The van der Waals surface area contributed by atoms with Crippen LogP contribution >= 0.6 is 0 Å². The first kappa shape index (κ1) is 14.0. The Morgan fingerprint density at radius 3 is 2.71 bits per heavy atom. The zero-order valence-electron chi connectivity index (χ0n) is 11.3. The Balaban J connectivity index is 2.51. The summed E-state index contributed by atoms with van der Waals surface area (Å²) in [4.78, 5) is 0. The molecule has 17 heavy (non-hydrogen) atoms. The summed E-state index contributed by atoms with van der Waals surface area (Å²) >= 11 is 0. The van der Waals surface area contributed by atoms with Gasteiger partial charge < -0.3 is 10.5 Å². The molecule has 1 aromatic rings. The smallest absolute Gasteiger partial charge is 0.122 e. The molecule has 0 aliphatic heterocycles. The first-order chi connectivity index (χ1) is 8.13. The average Bonchev–Trinajstić information content (AvgIpc) is 2.27.